The van der Waals surface area contributed by atoms with Crippen molar-refractivity contribution in [2.45, 2.75) is 13.8 Å². The van der Waals surface area contributed by atoms with Gasteiger partial charge in [0.05, 0.1) is 0 Å². The normalized spacial score (nSPS) is 11.2. The fourth-order valence-electron chi connectivity index (χ4n) is 1.10. The Morgan fingerprint density at radius 3 is 2.36 bits per heavy atom. The van der Waals surface area contributed by atoms with Gasteiger partial charge in [0.25, 0.3) is 0 Å². The summed E-state index contributed by atoms with van der Waals surface area (Å²) in [5.74, 6) is 0.175. The molecule has 0 fully saturated rings. The van der Waals surface area contributed by atoms with Crippen LogP contribution in [0.25, 0.3) is 0 Å². The van der Waals surface area contributed by atoms with Crippen LogP contribution in [0.5, 0.6) is 0 Å². The SMILES string of the molecule is CCN(CC)CCSN(C)CC(=O)O. The van der Waals surface area contributed by atoms with Gasteiger partial charge in [0, 0.05) is 12.3 Å². The Bertz CT molecular complexity index is 163. The average molecular weight is 220 g/mol. The van der Waals surface area contributed by atoms with E-state index in [0.29, 0.717) is 0 Å². The summed E-state index contributed by atoms with van der Waals surface area (Å²) in [4.78, 5) is 12.7. The number of rotatable bonds is 8. The number of carboxylic acids is 1. The van der Waals surface area contributed by atoms with E-state index in [1.54, 1.807) is 23.3 Å². The molecule has 84 valence electrons. The minimum atomic E-state index is -0.775. The quantitative estimate of drug-likeness (QED) is 0.618. The maximum Gasteiger partial charge on any atom is 0.318 e. The molecule has 0 aliphatic heterocycles. The number of aliphatic carboxylic acids is 1. The van der Waals surface area contributed by atoms with Crippen molar-refractivity contribution in [2.24, 2.45) is 0 Å². The van der Waals surface area contributed by atoms with Gasteiger partial charge in [0.2, 0.25) is 0 Å². The van der Waals surface area contributed by atoms with Crippen LogP contribution in [0.2, 0.25) is 0 Å². The van der Waals surface area contributed by atoms with E-state index in [4.69, 9.17) is 5.11 Å². The summed E-state index contributed by atoms with van der Waals surface area (Å²) in [5.41, 5.74) is 0. The third kappa shape index (κ3) is 7.17. The highest BCUT2D eigenvalue weighted by Crippen LogP contribution is 2.06. The van der Waals surface area contributed by atoms with Gasteiger partial charge in [-0.3, -0.25) is 4.79 Å². The Morgan fingerprint density at radius 2 is 1.93 bits per heavy atom. The molecule has 4 nitrogen and oxygen atoms in total. The molecule has 0 amide bonds. The number of carboxylic acid groups (broad SMARTS) is 1. The summed E-state index contributed by atoms with van der Waals surface area (Å²) in [5, 5.41) is 8.52. The highest BCUT2D eigenvalue weighted by molar-refractivity contribution is 7.97. The van der Waals surface area contributed by atoms with Gasteiger partial charge >= 0.3 is 5.97 Å². The van der Waals surface area contributed by atoms with Crippen LogP contribution in [0.1, 0.15) is 13.8 Å². The van der Waals surface area contributed by atoms with Gasteiger partial charge in [-0.25, -0.2) is 4.31 Å². The van der Waals surface area contributed by atoms with Gasteiger partial charge in [0.15, 0.2) is 0 Å². The Kier molecular flexibility index (Phi) is 7.93. The van der Waals surface area contributed by atoms with Crippen LogP contribution in [0.3, 0.4) is 0 Å². The highest BCUT2D eigenvalue weighted by atomic mass is 32.2. The van der Waals surface area contributed by atoms with Crippen molar-refractivity contribution < 1.29 is 9.90 Å². The predicted molar refractivity (Wildman–Crippen MR) is 60.5 cm³/mol. The smallest absolute Gasteiger partial charge is 0.318 e. The minimum absolute atomic E-state index is 0.100. The molecule has 0 aromatic rings. The Labute approximate surface area is 90.4 Å². The lowest BCUT2D eigenvalue weighted by atomic mass is 10.5. The topological polar surface area (TPSA) is 43.8 Å². The summed E-state index contributed by atoms with van der Waals surface area (Å²) >= 11 is 1.57. The molecule has 0 aromatic carbocycles. The van der Waals surface area contributed by atoms with Crippen molar-refractivity contribution in [3.63, 3.8) is 0 Å². The molecule has 0 unspecified atom stereocenters. The van der Waals surface area contributed by atoms with E-state index in [2.05, 4.69) is 18.7 Å². The molecule has 5 heteroatoms. The molecule has 0 radical (unpaired) electrons. The fraction of sp³-hybridized carbons (Fsp3) is 0.889. The largest absolute Gasteiger partial charge is 0.480 e. The standard InChI is InChI=1S/C9H20N2O2S/c1-4-11(5-2)6-7-14-10(3)8-9(12)13/h4-8H2,1-3H3,(H,12,13). The summed E-state index contributed by atoms with van der Waals surface area (Å²) < 4.78 is 1.76. The van der Waals surface area contributed by atoms with Gasteiger partial charge in [-0.05, 0) is 20.1 Å². The van der Waals surface area contributed by atoms with Crippen molar-refractivity contribution in [3.05, 3.63) is 0 Å². The lowest BCUT2D eigenvalue weighted by molar-refractivity contribution is -0.136. The van der Waals surface area contributed by atoms with Crippen molar-refractivity contribution in [2.75, 3.05) is 39.0 Å². The van der Waals surface area contributed by atoms with E-state index in [-0.39, 0.29) is 6.54 Å². The molecule has 14 heavy (non-hydrogen) atoms. The monoisotopic (exact) mass is 220 g/mol. The zero-order valence-electron chi connectivity index (χ0n) is 9.19. The zero-order valence-corrected chi connectivity index (χ0v) is 10.0. The van der Waals surface area contributed by atoms with E-state index in [0.717, 1.165) is 25.4 Å². The first-order chi connectivity index (χ1) is 6.60. The number of hydrogen-bond donors (Lipinski definition) is 1. The number of hydrogen-bond acceptors (Lipinski definition) is 4. The average Bonchev–Trinajstić information content (AvgIpc) is 2.11. The van der Waals surface area contributed by atoms with Crippen molar-refractivity contribution in [1.29, 1.82) is 0 Å². The minimum Gasteiger partial charge on any atom is -0.480 e. The number of likely N-dealkylation sites (N-methyl/N-ethyl adjacent to an activating group) is 1. The van der Waals surface area contributed by atoms with Crippen LogP contribution in [-0.4, -0.2) is 59.3 Å². The van der Waals surface area contributed by atoms with Gasteiger partial charge in [-0.2, -0.15) is 0 Å². The van der Waals surface area contributed by atoms with E-state index in [9.17, 15) is 4.79 Å². The van der Waals surface area contributed by atoms with Crippen LogP contribution >= 0.6 is 11.9 Å². The summed E-state index contributed by atoms with van der Waals surface area (Å²) in [6.45, 7) is 7.49. The van der Waals surface area contributed by atoms with Crippen molar-refractivity contribution in [1.82, 2.24) is 9.21 Å². The number of nitrogens with zero attached hydrogens (tertiary/aromatic N) is 2. The zero-order chi connectivity index (χ0) is 11.0. The molecule has 0 heterocycles. The van der Waals surface area contributed by atoms with Crippen LogP contribution in [-0.2, 0) is 4.79 Å². The van der Waals surface area contributed by atoms with Gasteiger partial charge < -0.3 is 10.0 Å². The Balaban J connectivity index is 3.47. The molecule has 0 atom stereocenters. The second kappa shape index (κ2) is 8.08. The maximum absolute atomic E-state index is 10.4. The van der Waals surface area contributed by atoms with Gasteiger partial charge in [-0.1, -0.05) is 25.8 Å². The van der Waals surface area contributed by atoms with Gasteiger partial charge in [0.1, 0.15) is 6.54 Å². The Morgan fingerprint density at radius 1 is 1.36 bits per heavy atom. The molecule has 0 aliphatic rings. The van der Waals surface area contributed by atoms with E-state index < -0.39 is 5.97 Å². The van der Waals surface area contributed by atoms with E-state index in [1.807, 2.05) is 0 Å². The number of carbonyl (C=O) groups is 1. The van der Waals surface area contributed by atoms with Crippen LogP contribution in [0.15, 0.2) is 0 Å². The molecule has 0 saturated carbocycles. The van der Waals surface area contributed by atoms with Gasteiger partial charge in [-0.15, -0.1) is 0 Å². The molecule has 0 saturated heterocycles. The summed E-state index contributed by atoms with van der Waals surface area (Å²) in [6, 6.07) is 0. The third-order valence-corrected chi connectivity index (χ3v) is 2.91. The first kappa shape index (κ1) is 13.7. The molecule has 0 spiro atoms. The fourth-order valence-corrected chi connectivity index (χ4v) is 1.95. The first-order valence-electron chi connectivity index (χ1n) is 4.88. The predicted octanol–water partition coefficient (Wildman–Crippen LogP) is 0.993. The second-order valence-electron chi connectivity index (χ2n) is 3.04. The van der Waals surface area contributed by atoms with E-state index in [1.165, 1.54) is 0 Å². The van der Waals surface area contributed by atoms with Crippen LogP contribution < -0.4 is 0 Å². The molecule has 0 rings (SSSR count). The lowest BCUT2D eigenvalue weighted by Crippen LogP contribution is -2.27. The summed E-state index contributed by atoms with van der Waals surface area (Å²) in [6.07, 6.45) is 0. The molecular weight excluding hydrogens is 200 g/mol. The molecule has 0 aliphatic carbocycles. The molecule has 0 bridgehead atoms. The van der Waals surface area contributed by atoms with E-state index >= 15 is 0 Å². The maximum atomic E-state index is 10.4. The van der Waals surface area contributed by atoms with Crippen LogP contribution in [0, 0.1) is 0 Å². The summed E-state index contributed by atoms with van der Waals surface area (Å²) in [7, 11) is 1.81. The first-order valence-corrected chi connectivity index (χ1v) is 5.82. The van der Waals surface area contributed by atoms with Crippen LogP contribution in [0.4, 0.5) is 0 Å². The Hall–Kier alpha value is -0.260. The lowest BCUT2D eigenvalue weighted by Gasteiger charge is -2.19. The molecule has 0 aromatic heterocycles. The second-order valence-corrected chi connectivity index (χ2v) is 4.33. The van der Waals surface area contributed by atoms with Crippen molar-refractivity contribution >= 4 is 17.9 Å². The molecule has 1 N–H and O–H groups in total. The molecular formula is C9H20N2O2S. The van der Waals surface area contributed by atoms with Crippen molar-refractivity contribution in [3.8, 4) is 0 Å². The highest BCUT2D eigenvalue weighted by Gasteiger charge is 2.05. The third-order valence-electron chi connectivity index (χ3n) is 1.97.